The zero-order valence-electron chi connectivity index (χ0n) is 15.7. The number of thiophene rings is 1. The van der Waals surface area contributed by atoms with Crippen LogP contribution in [0.5, 0.6) is 5.75 Å². The van der Waals surface area contributed by atoms with Crippen LogP contribution in [0.3, 0.4) is 0 Å². The van der Waals surface area contributed by atoms with Gasteiger partial charge >= 0.3 is 0 Å². The number of aromatic amines is 1. The van der Waals surface area contributed by atoms with Crippen molar-refractivity contribution in [2.75, 3.05) is 7.11 Å². The minimum absolute atomic E-state index is 0.126. The van der Waals surface area contributed by atoms with Gasteiger partial charge in [-0.3, -0.25) is 4.79 Å². The van der Waals surface area contributed by atoms with E-state index in [1.165, 1.54) is 11.3 Å². The van der Waals surface area contributed by atoms with Gasteiger partial charge in [-0.1, -0.05) is 35.4 Å². The second-order valence-electron chi connectivity index (χ2n) is 6.70. The Morgan fingerprint density at radius 2 is 1.81 bits per heavy atom. The highest BCUT2D eigenvalue weighted by atomic mass is 32.1. The van der Waals surface area contributed by atoms with Crippen LogP contribution < -0.4 is 10.3 Å². The van der Waals surface area contributed by atoms with Crippen LogP contribution in [0.4, 0.5) is 0 Å². The third-order valence-corrected chi connectivity index (χ3v) is 5.65. The van der Waals surface area contributed by atoms with E-state index in [9.17, 15) is 4.79 Å². The third-order valence-electron chi connectivity index (χ3n) is 4.65. The van der Waals surface area contributed by atoms with Gasteiger partial charge in [-0.2, -0.15) is 0 Å². The number of aromatic nitrogens is 2. The van der Waals surface area contributed by atoms with Gasteiger partial charge in [0.05, 0.1) is 12.5 Å². The Labute approximate surface area is 161 Å². The maximum Gasteiger partial charge on any atom is 0.260 e. The van der Waals surface area contributed by atoms with Crippen molar-refractivity contribution in [2.24, 2.45) is 0 Å². The Morgan fingerprint density at radius 1 is 1.04 bits per heavy atom. The van der Waals surface area contributed by atoms with Crippen molar-refractivity contribution in [2.45, 2.75) is 20.8 Å². The van der Waals surface area contributed by atoms with E-state index in [2.05, 4.69) is 11.1 Å². The van der Waals surface area contributed by atoms with Gasteiger partial charge in [0.15, 0.2) is 0 Å². The molecule has 2 aromatic heterocycles. The first-order chi connectivity index (χ1) is 13.0. The van der Waals surface area contributed by atoms with E-state index in [1.807, 2.05) is 57.2 Å². The minimum atomic E-state index is -0.126. The predicted octanol–water partition coefficient (Wildman–Crippen LogP) is 5.25. The lowest BCUT2D eigenvalue weighted by molar-refractivity contribution is 0.416. The Kier molecular flexibility index (Phi) is 4.32. The van der Waals surface area contributed by atoms with Crippen molar-refractivity contribution in [3.05, 3.63) is 68.8 Å². The molecule has 136 valence electrons. The van der Waals surface area contributed by atoms with Crippen LogP contribution in [0.25, 0.3) is 32.7 Å². The molecule has 0 bridgehead atoms. The van der Waals surface area contributed by atoms with Crippen LogP contribution in [-0.2, 0) is 0 Å². The molecule has 5 heteroatoms. The highest BCUT2D eigenvalue weighted by Gasteiger charge is 2.20. The number of rotatable bonds is 3. The van der Waals surface area contributed by atoms with E-state index < -0.39 is 0 Å². The van der Waals surface area contributed by atoms with Gasteiger partial charge in [-0.05, 0) is 39.0 Å². The molecule has 0 aliphatic heterocycles. The molecular formula is C22H20N2O2S. The highest BCUT2D eigenvalue weighted by Crippen LogP contribution is 2.40. The second-order valence-corrected chi connectivity index (χ2v) is 7.90. The van der Waals surface area contributed by atoms with E-state index in [0.717, 1.165) is 43.3 Å². The summed E-state index contributed by atoms with van der Waals surface area (Å²) >= 11 is 1.54. The van der Waals surface area contributed by atoms with E-state index in [-0.39, 0.29) is 5.56 Å². The summed E-state index contributed by atoms with van der Waals surface area (Å²) in [6, 6.07) is 14.0. The summed E-state index contributed by atoms with van der Waals surface area (Å²) in [5, 5.41) is 0.623. The summed E-state index contributed by atoms with van der Waals surface area (Å²) in [4.78, 5) is 22.5. The van der Waals surface area contributed by atoms with Crippen LogP contribution in [0.15, 0.2) is 47.3 Å². The molecule has 4 rings (SSSR count). The molecule has 1 N–H and O–H groups in total. The maximum absolute atomic E-state index is 13.0. The summed E-state index contributed by atoms with van der Waals surface area (Å²) in [6.45, 7) is 6.08. The molecular weight excluding hydrogens is 356 g/mol. The Morgan fingerprint density at radius 3 is 2.56 bits per heavy atom. The highest BCUT2D eigenvalue weighted by molar-refractivity contribution is 7.19. The molecule has 0 amide bonds. The number of ether oxygens (including phenoxy) is 1. The molecule has 2 heterocycles. The normalized spacial score (nSPS) is 11.1. The molecule has 0 aliphatic rings. The first-order valence-corrected chi connectivity index (χ1v) is 9.55. The summed E-state index contributed by atoms with van der Waals surface area (Å²) in [5.41, 5.74) is 4.86. The number of nitrogens with zero attached hydrogens (tertiary/aromatic N) is 1. The van der Waals surface area contributed by atoms with Crippen LogP contribution in [0.2, 0.25) is 0 Å². The van der Waals surface area contributed by atoms with Crippen LogP contribution >= 0.6 is 11.3 Å². The average Bonchev–Trinajstić information content (AvgIpc) is 2.98. The van der Waals surface area contributed by atoms with E-state index in [1.54, 1.807) is 7.11 Å². The standard InChI is InChI=1S/C22H20N2O2S/c1-12-6-5-7-15(10-12)20-23-21(25)19-18(14(3)27-22(19)24-20)16-11-13(2)8-9-17(16)26-4/h5-11H,1-4H3,(H,23,24,25). The van der Waals surface area contributed by atoms with Gasteiger partial charge in [0.25, 0.3) is 5.56 Å². The second kappa shape index (κ2) is 6.67. The molecule has 0 unspecified atom stereocenters. The van der Waals surface area contributed by atoms with Gasteiger partial charge in [0.1, 0.15) is 16.4 Å². The molecule has 0 aliphatic carbocycles. The van der Waals surface area contributed by atoms with Gasteiger partial charge in [-0.15, -0.1) is 11.3 Å². The van der Waals surface area contributed by atoms with Crippen molar-refractivity contribution in [3.63, 3.8) is 0 Å². The molecule has 0 spiro atoms. The maximum atomic E-state index is 13.0. The number of fused-ring (bicyclic) bond motifs is 1. The fourth-order valence-electron chi connectivity index (χ4n) is 3.39. The lowest BCUT2D eigenvalue weighted by Crippen LogP contribution is -2.09. The lowest BCUT2D eigenvalue weighted by atomic mass is 10.0. The number of nitrogens with one attached hydrogen (secondary N) is 1. The summed E-state index contributed by atoms with van der Waals surface area (Å²) in [6.07, 6.45) is 0. The number of H-pyrrole nitrogens is 1. The van der Waals surface area contributed by atoms with E-state index in [4.69, 9.17) is 9.72 Å². The van der Waals surface area contributed by atoms with Gasteiger partial charge in [-0.25, -0.2) is 4.98 Å². The first kappa shape index (κ1) is 17.5. The largest absolute Gasteiger partial charge is 0.496 e. The van der Waals surface area contributed by atoms with Crippen molar-refractivity contribution < 1.29 is 4.74 Å². The Hall–Kier alpha value is -2.92. The number of methoxy groups -OCH3 is 1. The van der Waals surface area contributed by atoms with Crippen molar-refractivity contribution >= 4 is 21.6 Å². The zero-order chi connectivity index (χ0) is 19.1. The van der Waals surface area contributed by atoms with Gasteiger partial charge in [0, 0.05) is 21.6 Å². The summed E-state index contributed by atoms with van der Waals surface area (Å²) in [7, 11) is 1.65. The average molecular weight is 376 g/mol. The fraction of sp³-hybridized carbons (Fsp3) is 0.182. The molecule has 0 fully saturated rings. The third kappa shape index (κ3) is 3.04. The monoisotopic (exact) mass is 376 g/mol. The molecule has 0 saturated carbocycles. The molecule has 2 aromatic carbocycles. The van der Waals surface area contributed by atoms with E-state index in [0.29, 0.717) is 11.2 Å². The predicted molar refractivity (Wildman–Crippen MR) is 112 cm³/mol. The summed E-state index contributed by atoms with van der Waals surface area (Å²) in [5.74, 6) is 1.35. The quantitative estimate of drug-likeness (QED) is 0.531. The smallest absolute Gasteiger partial charge is 0.260 e. The Bertz CT molecular complexity index is 1220. The van der Waals surface area contributed by atoms with Gasteiger partial charge < -0.3 is 9.72 Å². The van der Waals surface area contributed by atoms with Crippen LogP contribution in [0.1, 0.15) is 16.0 Å². The van der Waals surface area contributed by atoms with Gasteiger partial charge in [0.2, 0.25) is 0 Å². The number of aryl methyl sites for hydroxylation is 3. The molecule has 4 nitrogen and oxygen atoms in total. The molecule has 4 aromatic rings. The molecule has 0 radical (unpaired) electrons. The molecule has 0 atom stereocenters. The van der Waals surface area contributed by atoms with E-state index >= 15 is 0 Å². The van der Waals surface area contributed by atoms with Crippen LogP contribution in [0, 0.1) is 20.8 Å². The molecule has 0 saturated heterocycles. The SMILES string of the molecule is COc1ccc(C)cc1-c1c(C)sc2nc(-c3cccc(C)c3)[nH]c(=O)c12. The fourth-order valence-corrected chi connectivity index (χ4v) is 4.43. The topological polar surface area (TPSA) is 55.0 Å². The summed E-state index contributed by atoms with van der Waals surface area (Å²) < 4.78 is 5.55. The van der Waals surface area contributed by atoms with Crippen molar-refractivity contribution in [1.82, 2.24) is 9.97 Å². The molecule has 27 heavy (non-hydrogen) atoms. The number of hydrogen-bond acceptors (Lipinski definition) is 4. The first-order valence-electron chi connectivity index (χ1n) is 8.73. The Balaban J connectivity index is 1.99. The zero-order valence-corrected chi connectivity index (χ0v) is 16.5. The number of hydrogen-bond donors (Lipinski definition) is 1. The van der Waals surface area contributed by atoms with Crippen LogP contribution in [-0.4, -0.2) is 17.1 Å². The van der Waals surface area contributed by atoms with Crippen molar-refractivity contribution in [1.29, 1.82) is 0 Å². The van der Waals surface area contributed by atoms with Crippen molar-refractivity contribution in [3.8, 4) is 28.3 Å². The lowest BCUT2D eigenvalue weighted by Gasteiger charge is -2.10. The number of benzene rings is 2. The minimum Gasteiger partial charge on any atom is -0.496 e.